The van der Waals surface area contributed by atoms with Gasteiger partial charge in [0.1, 0.15) is 5.76 Å². The quantitative estimate of drug-likeness (QED) is 0.855. The normalized spacial score (nSPS) is 10.3. The molecule has 0 aliphatic heterocycles. The maximum atomic E-state index is 12.1. The van der Waals surface area contributed by atoms with Gasteiger partial charge in [0.05, 0.1) is 18.2 Å². The van der Waals surface area contributed by atoms with Crippen LogP contribution in [0.1, 0.15) is 34.2 Å². The molecule has 0 atom stereocenters. The van der Waals surface area contributed by atoms with Crippen LogP contribution in [0, 0.1) is 0 Å². The molecule has 0 spiro atoms. The maximum absolute atomic E-state index is 12.1. The van der Waals surface area contributed by atoms with Crippen molar-refractivity contribution in [2.24, 2.45) is 0 Å². The molecule has 0 radical (unpaired) electrons. The van der Waals surface area contributed by atoms with Crippen LogP contribution in [0.25, 0.3) is 0 Å². The minimum Gasteiger partial charge on any atom is -0.481 e. The third-order valence-electron chi connectivity index (χ3n) is 3.21. The lowest BCUT2D eigenvalue weighted by Gasteiger charge is -2.09. The molecule has 1 aromatic heterocycles. The highest BCUT2D eigenvalue weighted by atomic mass is 16.4. The summed E-state index contributed by atoms with van der Waals surface area (Å²) in [7, 11) is 0. The standard InChI is InChI=1S/C16H17NO4/c1-2-14-13(7-8-21-14)16(20)17-10-12-6-4-3-5-11(12)9-15(18)19/h3-8H,2,9-10H2,1H3,(H,17,20)(H,18,19). The predicted molar refractivity (Wildman–Crippen MR) is 77.0 cm³/mol. The molecule has 2 rings (SSSR count). The highest BCUT2D eigenvalue weighted by molar-refractivity contribution is 5.95. The smallest absolute Gasteiger partial charge is 0.307 e. The predicted octanol–water partition coefficient (Wildman–Crippen LogP) is 2.40. The molecule has 2 aromatic rings. The number of carboxylic acids is 1. The van der Waals surface area contributed by atoms with Crippen LogP contribution in [0.3, 0.4) is 0 Å². The fraction of sp³-hybridized carbons (Fsp3) is 0.250. The monoisotopic (exact) mass is 287 g/mol. The van der Waals surface area contributed by atoms with Crippen LogP contribution in [0.2, 0.25) is 0 Å². The first-order chi connectivity index (χ1) is 10.1. The van der Waals surface area contributed by atoms with Crippen LogP contribution in [0.15, 0.2) is 41.0 Å². The van der Waals surface area contributed by atoms with Crippen LogP contribution in [0.4, 0.5) is 0 Å². The van der Waals surface area contributed by atoms with Crippen LogP contribution < -0.4 is 5.32 Å². The van der Waals surface area contributed by atoms with E-state index in [0.29, 0.717) is 23.3 Å². The van der Waals surface area contributed by atoms with Crippen molar-refractivity contribution in [3.8, 4) is 0 Å². The summed E-state index contributed by atoms with van der Waals surface area (Å²) in [6.07, 6.45) is 2.08. The molecule has 0 unspecified atom stereocenters. The van der Waals surface area contributed by atoms with Gasteiger partial charge in [-0.15, -0.1) is 0 Å². The van der Waals surface area contributed by atoms with Crippen LogP contribution in [-0.4, -0.2) is 17.0 Å². The number of nitrogens with one attached hydrogen (secondary N) is 1. The largest absolute Gasteiger partial charge is 0.481 e. The van der Waals surface area contributed by atoms with Gasteiger partial charge in [-0.2, -0.15) is 0 Å². The number of amides is 1. The van der Waals surface area contributed by atoms with Crippen LogP contribution >= 0.6 is 0 Å². The van der Waals surface area contributed by atoms with Crippen molar-refractivity contribution in [1.82, 2.24) is 5.32 Å². The van der Waals surface area contributed by atoms with E-state index in [9.17, 15) is 9.59 Å². The second kappa shape index (κ2) is 6.74. The Morgan fingerprint density at radius 2 is 1.90 bits per heavy atom. The molecule has 0 bridgehead atoms. The minimum absolute atomic E-state index is 0.0576. The van der Waals surface area contributed by atoms with E-state index in [1.807, 2.05) is 19.1 Å². The van der Waals surface area contributed by atoms with Crippen molar-refractivity contribution in [1.29, 1.82) is 0 Å². The van der Waals surface area contributed by atoms with Crippen LogP contribution in [0.5, 0.6) is 0 Å². The summed E-state index contributed by atoms with van der Waals surface area (Å²) in [6, 6.07) is 8.81. The number of hydrogen-bond donors (Lipinski definition) is 2. The number of carboxylic acid groups (broad SMARTS) is 1. The Hall–Kier alpha value is -2.56. The molecule has 5 nitrogen and oxygen atoms in total. The van der Waals surface area contributed by atoms with Crippen molar-refractivity contribution < 1.29 is 19.1 Å². The molecule has 2 N–H and O–H groups in total. The summed E-state index contributed by atoms with van der Waals surface area (Å²) in [5, 5.41) is 11.7. The lowest BCUT2D eigenvalue weighted by Crippen LogP contribution is -2.24. The summed E-state index contributed by atoms with van der Waals surface area (Å²) < 4.78 is 5.22. The lowest BCUT2D eigenvalue weighted by molar-refractivity contribution is -0.136. The first-order valence-electron chi connectivity index (χ1n) is 6.75. The molecule has 0 aliphatic rings. The van der Waals surface area contributed by atoms with E-state index >= 15 is 0 Å². The molecule has 0 saturated heterocycles. The molecule has 1 aromatic carbocycles. The van der Waals surface area contributed by atoms with Crippen molar-refractivity contribution >= 4 is 11.9 Å². The SMILES string of the molecule is CCc1occc1C(=O)NCc1ccccc1CC(=O)O. The van der Waals surface area contributed by atoms with E-state index < -0.39 is 5.97 Å². The van der Waals surface area contributed by atoms with Crippen molar-refractivity contribution in [2.75, 3.05) is 0 Å². The zero-order chi connectivity index (χ0) is 15.2. The van der Waals surface area contributed by atoms with E-state index in [4.69, 9.17) is 9.52 Å². The van der Waals surface area contributed by atoms with E-state index in [1.54, 1.807) is 18.2 Å². The average molecular weight is 287 g/mol. The van der Waals surface area contributed by atoms with Crippen molar-refractivity contribution in [3.63, 3.8) is 0 Å². The third kappa shape index (κ3) is 3.72. The van der Waals surface area contributed by atoms with Gasteiger partial charge in [-0.1, -0.05) is 31.2 Å². The zero-order valence-corrected chi connectivity index (χ0v) is 11.8. The molecule has 0 aliphatic carbocycles. The number of aryl methyl sites for hydroxylation is 1. The lowest BCUT2D eigenvalue weighted by atomic mass is 10.0. The van der Waals surface area contributed by atoms with Gasteiger partial charge in [-0.25, -0.2) is 0 Å². The Balaban J connectivity index is 2.06. The maximum Gasteiger partial charge on any atom is 0.307 e. The van der Waals surface area contributed by atoms with Gasteiger partial charge in [0, 0.05) is 13.0 Å². The Morgan fingerprint density at radius 1 is 1.19 bits per heavy atom. The van der Waals surface area contributed by atoms with E-state index in [1.165, 1.54) is 6.26 Å². The summed E-state index contributed by atoms with van der Waals surface area (Å²) in [5.41, 5.74) is 2.02. The molecule has 110 valence electrons. The van der Waals surface area contributed by atoms with Crippen molar-refractivity contribution in [2.45, 2.75) is 26.3 Å². The fourth-order valence-corrected chi connectivity index (χ4v) is 2.15. The van der Waals surface area contributed by atoms with Gasteiger partial charge in [0.15, 0.2) is 0 Å². The molecule has 1 heterocycles. The number of carbonyl (C=O) groups excluding carboxylic acids is 1. The summed E-state index contributed by atoms with van der Waals surface area (Å²) in [6.45, 7) is 2.20. The molecule has 21 heavy (non-hydrogen) atoms. The van der Waals surface area contributed by atoms with E-state index in [0.717, 1.165) is 5.56 Å². The molecular weight excluding hydrogens is 270 g/mol. The number of hydrogen-bond acceptors (Lipinski definition) is 3. The highest BCUT2D eigenvalue weighted by Gasteiger charge is 2.13. The molecule has 1 amide bonds. The van der Waals surface area contributed by atoms with Crippen LogP contribution in [-0.2, 0) is 24.2 Å². The van der Waals surface area contributed by atoms with Gasteiger partial charge < -0.3 is 14.8 Å². The Kier molecular flexibility index (Phi) is 4.77. The number of furan rings is 1. The van der Waals surface area contributed by atoms with Crippen molar-refractivity contribution in [3.05, 3.63) is 59.0 Å². The van der Waals surface area contributed by atoms with Gasteiger partial charge >= 0.3 is 5.97 Å². The van der Waals surface area contributed by atoms with E-state index in [-0.39, 0.29) is 18.9 Å². The number of carbonyl (C=O) groups is 2. The average Bonchev–Trinajstić information content (AvgIpc) is 2.94. The summed E-state index contributed by atoms with van der Waals surface area (Å²) in [4.78, 5) is 22.9. The van der Waals surface area contributed by atoms with Gasteiger partial charge in [-0.05, 0) is 17.2 Å². The number of benzene rings is 1. The first-order valence-corrected chi connectivity index (χ1v) is 6.75. The summed E-state index contributed by atoms with van der Waals surface area (Å²) >= 11 is 0. The number of rotatable bonds is 6. The Morgan fingerprint density at radius 3 is 2.57 bits per heavy atom. The molecular formula is C16H17NO4. The minimum atomic E-state index is -0.892. The highest BCUT2D eigenvalue weighted by Crippen LogP contribution is 2.13. The second-order valence-corrected chi connectivity index (χ2v) is 4.63. The van der Waals surface area contributed by atoms with Gasteiger partial charge in [0.2, 0.25) is 0 Å². The topological polar surface area (TPSA) is 79.5 Å². The first kappa shape index (κ1) is 14.8. The summed E-state index contributed by atoms with van der Waals surface area (Å²) in [5.74, 6) is -0.464. The Bertz CT molecular complexity index is 645. The fourth-order valence-electron chi connectivity index (χ4n) is 2.15. The Labute approximate surface area is 122 Å². The molecule has 5 heteroatoms. The molecule has 0 fully saturated rings. The third-order valence-corrected chi connectivity index (χ3v) is 3.21. The number of aliphatic carboxylic acids is 1. The van der Waals surface area contributed by atoms with Gasteiger partial charge in [-0.3, -0.25) is 9.59 Å². The zero-order valence-electron chi connectivity index (χ0n) is 11.8. The second-order valence-electron chi connectivity index (χ2n) is 4.63. The van der Waals surface area contributed by atoms with Gasteiger partial charge in [0.25, 0.3) is 5.91 Å². The van der Waals surface area contributed by atoms with E-state index in [2.05, 4.69) is 5.32 Å². The molecule has 0 saturated carbocycles.